The minimum absolute atomic E-state index is 0.0632. The average Bonchev–Trinajstić information content (AvgIpc) is 3.19. The second-order valence-corrected chi connectivity index (χ2v) is 17.9. The van der Waals surface area contributed by atoms with Gasteiger partial charge in [-0.25, -0.2) is 0 Å². The molecule has 0 amide bonds. The molecule has 0 bridgehead atoms. The predicted octanol–water partition coefficient (Wildman–Crippen LogP) is 16.3. The van der Waals surface area contributed by atoms with Crippen LogP contribution in [0.15, 0.2) is 0 Å². The summed E-state index contributed by atoms with van der Waals surface area (Å²) in [6.45, 7) is 9.00. The fourth-order valence-corrected chi connectivity index (χ4v) is 7.69. The molecule has 6 heteroatoms. The van der Waals surface area contributed by atoms with E-state index in [-0.39, 0.29) is 31.1 Å². The van der Waals surface area contributed by atoms with Gasteiger partial charge in [0.15, 0.2) is 6.10 Å². The molecule has 0 N–H and O–H groups in total. The Morgan fingerprint density at radius 3 is 0.860 bits per heavy atom. The zero-order valence-corrected chi connectivity index (χ0v) is 38.8. The summed E-state index contributed by atoms with van der Waals surface area (Å²) in [7, 11) is 0. The molecular weight excluding hydrogens is 709 g/mol. The number of unbranched alkanes of at least 4 members (excludes halogenated alkanes) is 33. The molecule has 338 valence electrons. The Labute approximate surface area is 355 Å². The molecule has 0 rings (SSSR count). The monoisotopic (exact) mass is 807 g/mol. The number of rotatable bonds is 46. The predicted molar refractivity (Wildman–Crippen MR) is 243 cm³/mol. The van der Waals surface area contributed by atoms with Crippen molar-refractivity contribution in [1.29, 1.82) is 0 Å². The minimum atomic E-state index is -0.758. The number of hydrogen-bond acceptors (Lipinski definition) is 6. The van der Waals surface area contributed by atoms with Crippen molar-refractivity contribution in [3.05, 3.63) is 0 Å². The average molecular weight is 807 g/mol. The standard InChI is InChI=1S/C51H98O6/c1-5-7-9-11-13-25-30-34-38-42-49(52)55-45-48(57-51(54)44-40-36-32-26-14-12-10-8-6-2)46-56-50(53)43-39-35-31-28-24-22-20-18-16-15-17-19-21-23-27-29-33-37-41-47(3)4/h47-48H,5-46H2,1-4H3/t48-/m1/s1. The first-order chi connectivity index (χ1) is 27.9. The number of carbonyl (C=O) groups excluding carboxylic acids is 3. The Bertz CT molecular complexity index is 857. The van der Waals surface area contributed by atoms with Crippen LogP contribution in [0, 0.1) is 5.92 Å². The van der Waals surface area contributed by atoms with Crippen LogP contribution in [0.2, 0.25) is 0 Å². The molecule has 0 aromatic rings. The zero-order valence-electron chi connectivity index (χ0n) is 38.8. The van der Waals surface area contributed by atoms with Crippen LogP contribution in [0.1, 0.15) is 285 Å². The molecule has 0 aliphatic heterocycles. The van der Waals surface area contributed by atoms with Gasteiger partial charge in [0.2, 0.25) is 0 Å². The highest BCUT2D eigenvalue weighted by Gasteiger charge is 2.19. The topological polar surface area (TPSA) is 78.9 Å². The molecule has 0 saturated heterocycles. The number of esters is 3. The second kappa shape index (κ2) is 45.5. The molecule has 0 radical (unpaired) electrons. The van der Waals surface area contributed by atoms with E-state index in [4.69, 9.17) is 14.2 Å². The Morgan fingerprint density at radius 1 is 0.333 bits per heavy atom. The maximum absolute atomic E-state index is 12.7. The molecule has 0 aliphatic rings. The smallest absolute Gasteiger partial charge is 0.306 e. The van der Waals surface area contributed by atoms with Crippen LogP contribution < -0.4 is 0 Å². The Kier molecular flexibility index (Phi) is 44.2. The van der Waals surface area contributed by atoms with Crippen molar-refractivity contribution in [2.45, 2.75) is 291 Å². The molecule has 0 aromatic heterocycles. The maximum Gasteiger partial charge on any atom is 0.306 e. The lowest BCUT2D eigenvalue weighted by Crippen LogP contribution is -2.30. The normalized spacial score (nSPS) is 11.9. The largest absolute Gasteiger partial charge is 0.462 e. The van der Waals surface area contributed by atoms with Crippen molar-refractivity contribution in [3.63, 3.8) is 0 Å². The number of carbonyl (C=O) groups is 3. The van der Waals surface area contributed by atoms with Gasteiger partial charge in [0.05, 0.1) is 0 Å². The van der Waals surface area contributed by atoms with Gasteiger partial charge in [-0.15, -0.1) is 0 Å². The molecule has 0 unspecified atom stereocenters. The summed E-state index contributed by atoms with van der Waals surface area (Å²) < 4.78 is 16.7. The Morgan fingerprint density at radius 2 is 0.579 bits per heavy atom. The van der Waals surface area contributed by atoms with E-state index in [0.717, 1.165) is 63.7 Å². The zero-order chi connectivity index (χ0) is 41.7. The van der Waals surface area contributed by atoms with Crippen LogP contribution in [0.3, 0.4) is 0 Å². The molecule has 0 aliphatic carbocycles. The van der Waals surface area contributed by atoms with E-state index in [0.29, 0.717) is 19.3 Å². The lowest BCUT2D eigenvalue weighted by atomic mass is 10.0. The van der Waals surface area contributed by atoms with Gasteiger partial charge in [0, 0.05) is 19.3 Å². The lowest BCUT2D eigenvalue weighted by molar-refractivity contribution is -0.167. The SMILES string of the molecule is CCCCCCCCCCCC(=O)OC[C@H](COC(=O)CCCCCCCCCCCCCCCCCCCCC(C)C)OC(=O)CCCCCCCCCCC. The van der Waals surface area contributed by atoms with Crippen molar-refractivity contribution < 1.29 is 28.6 Å². The van der Waals surface area contributed by atoms with E-state index in [1.54, 1.807) is 0 Å². The van der Waals surface area contributed by atoms with Crippen LogP contribution >= 0.6 is 0 Å². The molecule has 0 heterocycles. The number of ether oxygens (including phenoxy) is 3. The number of hydrogen-bond donors (Lipinski definition) is 0. The van der Waals surface area contributed by atoms with Gasteiger partial charge in [0.25, 0.3) is 0 Å². The van der Waals surface area contributed by atoms with Crippen molar-refractivity contribution in [2.24, 2.45) is 5.92 Å². The van der Waals surface area contributed by atoms with Gasteiger partial charge < -0.3 is 14.2 Å². The summed E-state index contributed by atoms with van der Waals surface area (Å²) in [4.78, 5) is 37.7. The van der Waals surface area contributed by atoms with Crippen LogP contribution in [0.5, 0.6) is 0 Å². The molecule has 0 spiro atoms. The van der Waals surface area contributed by atoms with Crippen LogP contribution in [0.4, 0.5) is 0 Å². The van der Waals surface area contributed by atoms with Gasteiger partial charge in [-0.2, -0.15) is 0 Å². The van der Waals surface area contributed by atoms with Gasteiger partial charge in [-0.05, 0) is 25.2 Å². The van der Waals surface area contributed by atoms with E-state index >= 15 is 0 Å². The summed E-state index contributed by atoms with van der Waals surface area (Å²) in [5.74, 6) is 0.00673. The first-order valence-electron chi connectivity index (χ1n) is 25.4. The van der Waals surface area contributed by atoms with Crippen LogP contribution in [-0.2, 0) is 28.6 Å². The van der Waals surface area contributed by atoms with Crippen molar-refractivity contribution in [2.75, 3.05) is 13.2 Å². The van der Waals surface area contributed by atoms with Gasteiger partial charge in [-0.3, -0.25) is 14.4 Å². The summed E-state index contributed by atoms with van der Waals surface area (Å²) in [6.07, 6.45) is 46.7. The van der Waals surface area contributed by atoms with Gasteiger partial charge >= 0.3 is 17.9 Å². The summed E-state index contributed by atoms with van der Waals surface area (Å²) >= 11 is 0. The van der Waals surface area contributed by atoms with Gasteiger partial charge in [0.1, 0.15) is 13.2 Å². The first-order valence-corrected chi connectivity index (χ1v) is 25.4. The molecule has 0 aromatic carbocycles. The van der Waals surface area contributed by atoms with E-state index < -0.39 is 6.10 Å². The van der Waals surface area contributed by atoms with E-state index in [1.807, 2.05) is 0 Å². The van der Waals surface area contributed by atoms with Gasteiger partial charge in [-0.1, -0.05) is 246 Å². The highest BCUT2D eigenvalue weighted by molar-refractivity contribution is 5.71. The highest BCUT2D eigenvalue weighted by atomic mass is 16.6. The second-order valence-electron chi connectivity index (χ2n) is 17.9. The molecule has 57 heavy (non-hydrogen) atoms. The summed E-state index contributed by atoms with van der Waals surface area (Å²) in [6, 6.07) is 0. The summed E-state index contributed by atoms with van der Waals surface area (Å²) in [5.41, 5.74) is 0. The molecule has 0 saturated carbocycles. The maximum atomic E-state index is 12.7. The Hall–Kier alpha value is -1.59. The van der Waals surface area contributed by atoms with Crippen molar-refractivity contribution in [1.82, 2.24) is 0 Å². The van der Waals surface area contributed by atoms with E-state index in [1.165, 1.54) is 180 Å². The molecule has 0 fully saturated rings. The third kappa shape index (κ3) is 45.3. The first kappa shape index (κ1) is 55.4. The molecule has 6 nitrogen and oxygen atoms in total. The summed E-state index contributed by atoms with van der Waals surface area (Å²) in [5, 5.41) is 0. The van der Waals surface area contributed by atoms with Crippen molar-refractivity contribution in [3.8, 4) is 0 Å². The minimum Gasteiger partial charge on any atom is -0.462 e. The molecular formula is C51H98O6. The molecule has 1 atom stereocenters. The fourth-order valence-electron chi connectivity index (χ4n) is 7.69. The van der Waals surface area contributed by atoms with E-state index in [9.17, 15) is 14.4 Å². The third-order valence-corrected chi connectivity index (χ3v) is 11.5. The van der Waals surface area contributed by atoms with Crippen molar-refractivity contribution >= 4 is 17.9 Å². The third-order valence-electron chi connectivity index (χ3n) is 11.5. The Balaban J connectivity index is 4.12. The highest BCUT2D eigenvalue weighted by Crippen LogP contribution is 2.17. The van der Waals surface area contributed by atoms with Crippen LogP contribution in [0.25, 0.3) is 0 Å². The van der Waals surface area contributed by atoms with Crippen LogP contribution in [-0.4, -0.2) is 37.2 Å². The lowest BCUT2D eigenvalue weighted by Gasteiger charge is -2.18. The van der Waals surface area contributed by atoms with E-state index in [2.05, 4.69) is 27.7 Å². The fraction of sp³-hybridized carbons (Fsp3) is 0.941. The quantitative estimate of drug-likeness (QED) is 0.0346.